The summed E-state index contributed by atoms with van der Waals surface area (Å²) in [5.41, 5.74) is 8.94. The zero-order chi connectivity index (χ0) is 16.1. The SMILES string of the molecule is Cn1c(=O)n(C(=O)c2ccc3nc[nH]c3c2)c2cc(N)ccc21. The average molecular weight is 307 g/mol. The molecule has 23 heavy (non-hydrogen) atoms. The number of fused-ring (bicyclic) bond motifs is 2. The quantitative estimate of drug-likeness (QED) is 0.520. The lowest BCUT2D eigenvalue weighted by molar-refractivity contribution is 0.0960. The van der Waals surface area contributed by atoms with Gasteiger partial charge >= 0.3 is 5.69 Å². The fraction of sp³-hybridized carbons (Fsp3) is 0.0625. The molecule has 2 aromatic heterocycles. The van der Waals surface area contributed by atoms with Crippen LogP contribution in [0, 0.1) is 0 Å². The first kappa shape index (κ1) is 13.3. The summed E-state index contributed by atoms with van der Waals surface area (Å²) in [6, 6.07) is 10.1. The van der Waals surface area contributed by atoms with Crippen LogP contribution in [-0.4, -0.2) is 25.0 Å². The van der Waals surface area contributed by atoms with Gasteiger partial charge in [-0.15, -0.1) is 0 Å². The molecule has 0 saturated carbocycles. The minimum Gasteiger partial charge on any atom is -0.399 e. The highest BCUT2D eigenvalue weighted by molar-refractivity contribution is 6.03. The molecule has 114 valence electrons. The molecule has 0 atom stereocenters. The third-order valence-corrected chi connectivity index (χ3v) is 3.95. The largest absolute Gasteiger partial charge is 0.399 e. The Labute approximate surface area is 130 Å². The summed E-state index contributed by atoms with van der Waals surface area (Å²) in [5, 5.41) is 0. The summed E-state index contributed by atoms with van der Waals surface area (Å²) in [6.45, 7) is 0. The van der Waals surface area contributed by atoms with Crippen molar-refractivity contribution in [2.24, 2.45) is 7.05 Å². The highest BCUT2D eigenvalue weighted by atomic mass is 16.2. The zero-order valence-electron chi connectivity index (χ0n) is 12.3. The summed E-state index contributed by atoms with van der Waals surface area (Å²) in [6.07, 6.45) is 1.56. The summed E-state index contributed by atoms with van der Waals surface area (Å²) in [5.74, 6) is -0.400. The number of benzene rings is 2. The number of rotatable bonds is 1. The molecule has 2 aromatic carbocycles. The minimum absolute atomic E-state index is 0.400. The number of imidazole rings is 2. The Morgan fingerprint density at radius 1 is 1.17 bits per heavy atom. The second kappa shape index (κ2) is 4.57. The van der Waals surface area contributed by atoms with E-state index in [1.54, 1.807) is 49.8 Å². The van der Waals surface area contributed by atoms with Crippen molar-refractivity contribution in [3.8, 4) is 0 Å². The normalized spacial score (nSPS) is 11.3. The molecule has 7 nitrogen and oxygen atoms in total. The summed E-state index contributed by atoms with van der Waals surface area (Å²) in [7, 11) is 1.63. The predicted molar refractivity (Wildman–Crippen MR) is 87.4 cm³/mol. The molecular formula is C16H13N5O2. The minimum atomic E-state index is -0.402. The molecule has 2 heterocycles. The number of nitrogens with one attached hydrogen (secondary N) is 1. The number of H-pyrrole nitrogens is 1. The van der Waals surface area contributed by atoms with Crippen molar-refractivity contribution in [1.29, 1.82) is 0 Å². The van der Waals surface area contributed by atoms with E-state index in [4.69, 9.17) is 5.73 Å². The Hall–Kier alpha value is -3.35. The third-order valence-electron chi connectivity index (χ3n) is 3.95. The van der Waals surface area contributed by atoms with E-state index in [-0.39, 0.29) is 0 Å². The van der Waals surface area contributed by atoms with Gasteiger partial charge in [0.1, 0.15) is 0 Å². The molecule has 0 saturated heterocycles. The highest BCUT2D eigenvalue weighted by Crippen LogP contribution is 2.18. The number of nitrogens with two attached hydrogens (primary N) is 1. The Kier molecular flexibility index (Phi) is 2.65. The Morgan fingerprint density at radius 3 is 2.83 bits per heavy atom. The van der Waals surface area contributed by atoms with Crippen LogP contribution in [0.1, 0.15) is 10.4 Å². The lowest BCUT2D eigenvalue weighted by Crippen LogP contribution is -2.28. The van der Waals surface area contributed by atoms with E-state index in [2.05, 4.69) is 9.97 Å². The van der Waals surface area contributed by atoms with Crippen LogP contribution in [0.4, 0.5) is 5.69 Å². The summed E-state index contributed by atoms with van der Waals surface area (Å²) >= 11 is 0. The number of nitrogens with zero attached hydrogens (tertiary/aromatic N) is 3. The number of hydrogen-bond acceptors (Lipinski definition) is 4. The number of aryl methyl sites for hydroxylation is 1. The van der Waals surface area contributed by atoms with Gasteiger partial charge in [-0.1, -0.05) is 0 Å². The molecule has 4 aromatic rings. The van der Waals surface area contributed by atoms with Crippen LogP contribution < -0.4 is 11.4 Å². The molecular weight excluding hydrogens is 294 g/mol. The van der Waals surface area contributed by atoms with Crippen molar-refractivity contribution in [3.63, 3.8) is 0 Å². The highest BCUT2D eigenvalue weighted by Gasteiger charge is 2.19. The number of nitrogen functional groups attached to an aromatic ring is 1. The second-order valence-corrected chi connectivity index (χ2v) is 5.36. The zero-order valence-corrected chi connectivity index (χ0v) is 12.3. The molecule has 0 spiro atoms. The van der Waals surface area contributed by atoms with Crippen LogP contribution in [0.25, 0.3) is 22.1 Å². The van der Waals surface area contributed by atoms with Crippen LogP contribution in [0.2, 0.25) is 0 Å². The van der Waals surface area contributed by atoms with Crippen molar-refractivity contribution >= 4 is 33.7 Å². The summed E-state index contributed by atoms with van der Waals surface area (Å²) in [4.78, 5) is 32.4. The number of hydrogen-bond donors (Lipinski definition) is 2. The van der Waals surface area contributed by atoms with Gasteiger partial charge in [0.15, 0.2) is 0 Å². The fourth-order valence-corrected chi connectivity index (χ4v) is 2.75. The van der Waals surface area contributed by atoms with Crippen molar-refractivity contribution in [2.45, 2.75) is 0 Å². The van der Waals surface area contributed by atoms with E-state index in [1.165, 1.54) is 4.57 Å². The van der Waals surface area contributed by atoms with E-state index < -0.39 is 11.6 Å². The fourth-order valence-electron chi connectivity index (χ4n) is 2.75. The second-order valence-electron chi connectivity index (χ2n) is 5.36. The standard InChI is InChI=1S/C16H13N5O2/c1-20-13-5-3-10(17)7-14(13)21(16(20)23)15(22)9-2-4-11-12(6-9)19-8-18-11/h2-8H,17H2,1H3,(H,18,19). The molecule has 0 fully saturated rings. The van der Waals surface area contributed by atoms with E-state index in [0.717, 1.165) is 15.6 Å². The van der Waals surface area contributed by atoms with Gasteiger partial charge in [0, 0.05) is 18.3 Å². The lowest BCUT2D eigenvalue weighted by Gasteiger charge is -2.03. The van der Waals surface area contributed by atoms with Crippen molar-refractivity contribution in [2.75, 3.05) is 5.73 Å². The first-order chi connectivity index (χ1) is 11.1. The van der Waals surface area contributed by atoms with E-state index >= 15 is 0 Å². The number of aromatic amines is 1. The monoisotopic (exact) mass is 307 g/mol. The van der Waals surface area contributed by atoms with Gasteiger partial charge in [-0.25, -0.2) is 14.3 Å². The Bertz CT molecular complexity index is 1130. The van der Waals surface area contributed by atoms with Gasteiger partial charge in [-0.2, -0.15) is 0 Å². The molecule has 0 aliphatic carbocycles. The van der Waals surface area contributed by atoms with Crippen molar-refractivity contribution < 1.29 is 4.79 Å². The van der Waals surface area contributed by atoms with Gasteiger partial charge in [0.05, 0.1) is 28.4 Å². The van der Waals surface area contributed by atoms with Gasteiger partial charge in [0.2, 0.25) is 0 Å². The number of anilines is 1. The van der Waals surface area contributed by atoms with Crippen LogP contribution in [-0.2, 0) is 7.05 Å². The molecule has 0 amide bonds. The van der Waals surface area contributed by atoms with Gasteiger partial charge in [0.25, 0.3) is 5.91 Å². The summed E-state index contributed by atoms with van der Waals surface area (Å²) < 4.78 is 2.57. The maximum atomic E-state index is 12.8. The first-order valence-corrected chi connectivity index (χ1v) is 7.01. The topological polar surface area (TPSA) is 98.7 Å². The van der Waals surface area contributed by atoms with Crippen LogP contribution in [0.5, 0.6) is 0 Å². The molecule has 0 aliphatic rings. The number of aromatic nitrogens is 4. The maximum Gasteiger partial charge on any atom is 0.335 e. The van der Waals surface area contributed by atoms with E-state index in [1.807, 2.05) is 0 Å². The van der Waals surface area contributed by atoms with Crippen LogP contribution in [0.3, 0.4) is 0 Å². The molecule has 0 aliphatic heterocycles. The number of carbonyl (C=O) groups excluding carboxylic acids is 1. The molecule has 0 bridgehead atoms. The molecule has 0 radical (unpaired) electrons. The van der Waals surface area contributed by atoms with Crippen molar-refractivity contribution in [1.82, 2.24) is 19.1 Å². The average Bonchev–Trinajstić information content (AvgIpc) is 3.10. The Morgan fingerprint density at radius 2 is 2.00 bits per heavy atom. The molecule has 4 rings (SSSR count). The van der Waals surface area contributed by atoms with Gasteiger partial charge < -0.3 is 10.7 Å². The molecule has 3 N–H and O–H groups in total. The van der Waals surface area contributed by atoms with E-state index in [9.17, 15) is 9.59 Å². The Balaban J connectivity index is 1.97. The lowest BCUT2D eigenvalue weighted by atomic mass is 10.2. The van der Waals surface area contributed by atoms with Crippen molar-refractivity contribution in [3.05, 3.63) is 58.8 Å². The first-order valence-electron chi connectivity index (χ1n) is 7.01. The van der Waals surface area contributed by atoms with Gasteiger partial charge in [-0.05, 0) is 36.4 Å². The maximum absolute atomic E-state index is 12.8. The van der Waals surface area contributed by atoms with Crippen LogP contribution in [0.15, 0.2) is 47.5 Å². The smallest absolute Gasteiger partial charge is 0.335 e. The molecule has 0 unspecified atom stereocenters. The third kappa shape index (κ3) is 1.87. The van der Waals surface area contributed by atoms with Gasteiger partial charge in [-0.3, -0.25) is 9.36 Å². The van der Waals surface area contributed by atoms with Crippen LogP contribution >= 0.6 is 0 Å². The van der Waals surface area contributed by atoms with E-state index in [0.29, 0.717) is 22.3 Å². The predicted octanol–water partition coefficient (Wildman–Crippen LogP) is 1.49. The molecule has 7 heteroatoms. The number of carbonyl (C=O) groups is 1.